The summed E-state index contributed by atoms with van der Waals surface area (Å²) in [6, 6.07) is 0. The molecular formula is C12H22F5NO2S. The second-order valence-corrected chi connectivity index (χ2v) is 7.19. The van der Waals surface area contributed by atoms with E-state index in [2.05, 4.69) is 5.32 Å². The van der Waals surface area contributed by atoms with Crippen molar-refractivity contribution in [1.29, 1.82) is 0 Å². The first-order valence-electron chi connectivity index (χ1n) is 6.58. The first-order valence-corrected chi connectivity index (χ1v) is 8.06. The standard InChI is InChI=1S/C12H22F5NO2S/c1-10(2,19)9-18-6-4-8-21(20)7-3-5-11(13,14)12(15,16)17/h18-19H,3-9H2,1-2H3. The molecular weight excluding hydrogens is 317 g/mol. The molecule has 3 nitrogen and oxygen atoms in total. The summed E-state index contributed by atoms with van der Waals surface area (Å²) < 4.78 is 72.3. The smallest absolute Gasteiger partial charge is 0.389 e. The van der Waals surface area contributed by atoms with E-state index in [9.17, 15) is 31.3 Å². The Balaban J connectivity index is 3.74. The summed E-state index contributed by atoms with van der Waals surface area (Å²) in [5, 5.41) is 12.3. The van der Waals surface area contributed by atoms with E-state index in [-0.39, 0.29) is 11.5 Å². The van der Waals surface area contributed by atoms with Gasteiger partial charge in [-0.1, -0.05) is 0 Å². The Labute approximate surface area is 123 Å². The van der Waals surface area contributed by atoms with E-state index >= 15 is 0 Å². The van der Waals surface area contributed by atoms with Gasteiger partial charge < -0.3 is 10.4 Å². The van der Waals surface area contributed by atoms with Gasteiger partial charge in [-0.15, -0.1) is 0 Å². The number of hydrogen-bond acceptors (Lipinski definition) is 3. The van der Waals surface area contributed by atoms with Gasteiger partial charge in [-0.05, 0) is 33.2 Å². The summed E-state index contributed by atoms with van der Waals surface area (Å²) in [6.45, 7) is 4.10. The van der Waals surface area contributed by atoms with Crippen molar-refractivity contribution in [3.05, 3.63) is 0 Å². The zero-order chi connectivity index (χ0) is 16.7. The molecule has 0 heterocycles. The molecule has 0 aliphatic heterocycles. The van der Waals surface area contributed by atoms with Crippen LogP contribution in [0.5, 0.6) is 0 Å². The summed E-state index contributed by atoms with van der Waals surface area (Å²) in [5.41, 5.74) is -0.859. The van der Waals surface area contributed by atoms with Crippen LogP contribution >= 0.6 is 0 Å². The van der Waals surface area contributed by atoms with Crippen LogP contribution in [0.1, 0.15) is 33.1 Å². The molecule has 0 saturated heterocycles. The van der Waals surface area contributed by atoms with Crippen LogP contribution in [0.4, 0.5) is 22.0 Å². The number of hydrogen-bond donors (Lipinski definition) is 2. The average molecular weight is 339 g/mol. The van der Waals surface area contributed by atoms with Crippen LogP contribution in [0.2, 0.25) is 0 Å². The van der Waals surface area contributed by atoms with Crippen molar-refractivity contribution in [2.75, 3.05) is 24.6 Å². The van der Waals surface area contributed by atoms with Crippen LogP contribution in [0.15, 0.2) is 0 Å². The highest BCUT2D eigenvalue weighted by Crippen LogP contribution is 2.38. The second-order valence-electron chi connectivity index (χ2n) is 5.50. The average Bonchev–Trinajstić information content (AvgIpc) is 2.25. The number of halogens is 5. The Morgan fingerprint density at radius 3 is 2.05 bits per heavy atom. The van der Waals surface area contributed by atoms with E-state index in [1.165, 1.54) is 0 Å². The topological polar surface area (TPSA) is 49.3 Å². The number of aliphatic hydroxyl groups is 1. The van der Waals surface area contributed by atoms with Crippen molar-refractivity contribution in [3.8, 4) is 0 Å². The Morgan fingerprint density at radius 2 is 1.57 bits per heavy atom. The Bertz CT molecular complexity index is 329. The van der Waals surface area contributed by atoms with Crippen molar-refractivity contribution in [1.82, 2.24) is 5.32 Å². The van der Waals surface area contributed by atoms with Gasteiger partial charge in [-0.25, -0.2) is 0 Å². The van der Waals surface area contributed by atoms with Crippen LogP contribution in [0.25, 0.3) is 0 Å². The summed E-state index contributed by atoms with van der Waals surface area (Å²) >= 11 is 0. The summed E-state index contributed by atoms with van der Waals surface area (Å²) in [4.78, 5) is 0. The molecule has 0 spiro atoms. The second kappa shape index (κ2) is 8.38. The highest BCUT2D eigenvalue weighted by molar-refractivity contribution is 7.84. The number of nitrogens with one attached hydrogen (secondary N) is 1. The normalized spacial score (nSPS) is 15.2. The zero-order valence-electron chi connectivity index (χ0n) is 12.1. The monoisotopic (exact) mass is 339 g/mol. The highest BCUT2D eigenvalue weighted by Gasteiger charge is 2.56. The molecule has 0 aliphatic rings. The molecule has 0 aromatic heterocycles. The number of alkyl halides is 5. The van der Waals surface area contributed by atoms with E-state index in [1.807, 2.05) is 0 Å². The quantitative estimate of drug-likeness (QED) is 0.475. The minimum Gasteiger partial charge on any atom is -0.389 e. The van der Waals surface area contributed by atoms with Crippen LogP contribution in [-0.2, 0) is 10.8 Å². The molecule has 0 aromatic rings. The minimum absolute atomic E-state index is 0.169. The maximum atomic E-state index is 12.6. The van der Waals surface area contributed by atoms with E-state index in [1.54, 1.807) is 13.8 Å². The molecule has 0 aromatic carbocycles. The minimum atomic E-state index is -5.55. The van der Waals surface area contributed by atoms with Crippen molar-refractivity contribution in [3.63, 3.8) is 0 Å². The Morgan fingerprint density at radius 1 is 1.05 bits per heavy atom. The maximum absolute atomic E-state index is 12.6. The van der Waals surface area contributed by atoms with Gasteiger partial charge in [0.1, 0.15) is 0 Å². The summed E-state index contributed by atoms with van der Waals surface area (Å²) in [7, 11) is -1.41. The third kappa shape index (κ3) is 10.1. The summed E-state index contributed by atoms with van der Waals surface area (Å²) in [5.74, 6) is -4.65. The van der Waals surface area contributed by atoms with Gasteiger partial charge in [0.25, 0.3) is 0 Å². The molecule has 128 valence electrons. The predicted molar refractivity (Wildman–Crippen MR) is 71.9 cm³/mol. The molecule has 0 rings (SSSR count). The van der Waals surface area contributed by atoms with Gasteiger partial charge in [0.05, 0.1) is 5.60 Å². The first-order chi connectivity index (χ1) is 9.35. The van der Waals surface area contributed by atoms with Crippen LogP contribution in [0.3, 0.4) is 0 Å². The maximum Gasteiger partial charge on any atom is 0.453 e. The van der Waals surface area contributed by atoms with E-state index in [0.717, 1.165) is 0 Å². The molecule has 1 unspecified atom stereocenters. The van der Waals surface area contributed by atoms with Gasteiger partial charge >= 0.3 is 12.1 Å². The fourth-order valence-electron chi connectivity index (χ4n) is 1.45. The molecule has 0 fully saturated rings. The zero-order valence-corrected chi connectivity index (χ0v) is 12.9. The van der Waals surface area contributed by atoms with Gasteiger partial charge in [0, 0.05) is 35.3 Å². The molecule has 0 bridgehead atoms. The SMILES string of the molecule is CC(C)(O)CNCCCS(=O)CCCC(F)(F)C(F)(F)F. The van der Waals surface area contributed by atoms with E-state index in [0.29, 0.717) is 19.5 Å². The van der Waals surface area contributed by atoms with Crippen LogP contribution < -0.4 is 5.32 Å². The fourth-order valence-corrected chi connectivity index (χ4v) is 2.59. The Hall–Kier alpha value is -0.280. The highest BCUT2D eigenvalue weighted by atomic mass is 32.2. The Kier molecular flexibility index (Phi) is 8.27. The van der Waals surface area contributed by atoms with Gasteiger partial charge in [0.2, 0.25) is 0 Å². The van der Waals surface area contributed by atoms with Gasteiger partial charge in [-0.2, -0.15) is 22.0 Å². The lowest BCUT2D eigenvalue weighted by atomic mass is 10.1. The lowest BCUT2D eigenvalue weighted by Gasteiger charge is -2.19. The molecule has 1 atom stereocenters. The largest absolute Gasteiger partial charge is 0.453 e. The lowest BCUT2D eigenvalue weighted by molar-refractivity contribution is -0.284. The van der Waals surface area contributed by atoms with Gasteiger partial charge in [0.15, 0.2) is 0 Å². The van der Waals surface area contributed by atoms with Crippen LogP contribution in [-0.4, -0.2) is 51.6 Å². The number of rotatable bonds is 10. The third-order valence-electron chi connectivity index (χ3n) is 2.56. The molecule has 0 amide bonds. The molecule has 9 heteroatoms. The third-order valence-corrected chi connectivity index (χ3v) is 4.05. The van der Waals surface area contributed by atoms with Crippen molar-refractivity contribution in [2.45, 2.75) is 50.8 Å². The van der Waals surface area contributed by atoms with Gasteiger partial charge in [-0.3, -0.25) is 4.21 Å². The van der Waals surface area contributed by atoms with Crippen LogP contribution in [0, 0.1) is 0 Å². The molecule has 0 saturated carbocycles. The van der Waals surface area contributed by atoms with Crippen molar-refractivity contribution >= 4 is 10.8 Å². The molecule has 2 N–H and O–H groups in total. The predicted octanol–water partition coefficient (Wildman–Crippen LogP) is 2.46. The van der Waals surface area contributed by atoms with E-state index < -0.39 is 41.3 Å². The lowest BCUT2D eigenvalue weighted by Crippen LogP contribution is -2.36. The van der Waals surface area contributed by atoms with Crippen molar-refractivity contribution in [2.24, 2.45) is 0 Å². The fraction of sp³-hybridized carbons (Fsp3) is 1.00. The van der Waals surface area contributed by atoms with E-state index in [4.69, 9.17) is 0 Å². The molecule has 0 aliphatic carbocycles. The summed E-state index contributed by atoms with van der Waals surface area (Å²) in [6.07, 6.45) is -6.82. The molecule has 0 radical (unpaired) electrons. The first kappa shape index (κ1) is 20.7. The molecule has 21 heavy (non-hydrogen) atoms. The van der Waals surface area contributed by atoms with Crippen molar-refractivity contribution < 1.29 is 31.3 Å².